The first-order valence-electron chi connectivity index (χ1n) is 11.5. The van der Waals surface area contributed by atoms with Crippen LogP contribution in [0.25, 0.3) is 0 Å². The zero-order valence-electron chi connectivity index (χ0n) is 19.7. The smallest absolute Gasteiger partial charge is 0.253 e. The highest BCUT2D eigenvalue weighted by Gasteiger charge is 2.22. The lowest BCUT2D eigenvalue weighted by Crippen LogP contribution is -2.30. The first-order chi connectivity index (χ1) is 16.4. The quantitative estimate of drug-likeness (QED) is 0.437. The number of nitrogens with two attached hydrogens (primary N) is 1. The van der Waals surface area contributed by atoms with E-state index in [-0.39, 0.29) is 30.1 Å². The minimum absolute atomic E-state index is 0.0580. The van der Waals surface area contributed by atoms with Gasteiger partial charge in [0, 0.05) is 43.8 Å². The molecule has 1 aliphatic rings. The van der Waals surface area contributed by atoms with E-state index in [1.807, 2.05) is 18.4 Å². The van der Waals surface area contributed by atoms with Crippen molar-refractivity contribution in [1.82, 2.24) is 19.7 Å². The van der Waals surface area contributed by atoms with Crippen molar-refractivity contribution in [1.29, 1.82) is 0 Å². The lowest BCUT2D eigenvalue weighted by atomic mass is 10.1. The van der Waals surface area contributed by atoms with E-state index >= 15 is 0 Å². The predicted molar refractivity (Wildman–Crippen MR) is 130 cm³/mol. The van der Waals surface area contributed by atoms with Gasteiger partial charge in [-0.05, 0) is 44.9 Å². The van der Waals surface area contributed by atoms with E-state index < -0.39 is 5.91 Å². The van der Waals surface area contributed by atoms with Crippen molar-refractivity contribution in [2.24, 2.45) is 5.73 Å². The summed E-state index contributed by atoms with van der Waals surface area (Å²) in [5, 5.41) is 11.9. The Balaban J connectivity index is 1.63. The summed E-state index contributed by atoms with van der Waals surface area (Å²) < 4.78 is 7.66. The molecule has 2 heterocycles. The zero-order valence-corrected chi connectivity index (χ0v) is 20.5. The standard InChI is InChI=1S/C23H32N6O4S/c1-3-28(4-2)22(32)16-7-5-8-17(13-16)25-21(31)15-34-23-27-26-20(11-10-19(24)30)29(23)14-18-9-6-12-33-18/h5,7-8,13,18H,3-4,6,9-12,14-15H2,1-2H3,(H2,24,30)(H,25,31). The lowest BCUT2D eigenvalue weighted by Gasteiger charge is -2.19. The van der Waals surface area contributed by atoms with Crippen molar-refractivity contribution < 1.29 is 19.1 Å². The van der Waals surface area contributed by atoms with Gasteiger partial charge in [-0.3, -0.25) is 14.4 Å². The molecular weight excluding hydrogens is 456 g/mol. The molecule has 0 saturated carbocycles. The third-order valence-electron chi connectivity index (χ3n) is 5.57. The number of ether oxygens (including phenoxy) is 1. The molecule has 1 atom stereocenters. The summed E-state index contributed by atoms with van der Waals surface area (Å²) in [6, 6.07) is 6.93. The molecule has 2 aromatic rings. The number of carbonyl (C=O) groups is 3. The van der Waals surface area contributed by atoms with Crippen LogP contribution in [0.5, 0.6) is 0 Å². The van der Waals surface area contributed by atoms with Gasteiger partial charge in [-0.2, -0.15) is 0 Å². The van der Waals surface area contributed by atoms with Crippen molar-refractivity contribution in [2.75, 3.05) is 30.8 Å². The highest BCUT2D eigenvalue weighted by Crippen LogP contribution is 2.22. The molecule has 3 N–H and O–H groups in total. The lowest BCUT2D eigenvalue weighted by molar-refractivity contribution is -0.118. The van der Waals surface area contributed by atoms with Crippen LogP contribution in [0.1, 0.15) is 49.3 Å². The number of aromatic nitrogens is 3. The number of aryl methyl sites for hydroxylation is 1. The molecular formula is C23H32N6O4S. The number of nitrogens with one attached hydrogen (secondary N) is 1. The fraction of sp³-hybridized carbons (Fsp3) is 0.522. The average Bonchev–Trinajstić information content (AvgIpc) is 3.47. The monoisotopic (exact) mass is 488 g/mol. The molecule has 1 aromatic heterocycles. The van der Waals surface area contributed by atoms with Crippen LogP contribution >= 0.6 is 11.8 Å². The SMILES string of the molecule is CCN(CC)C(=O)c1cccc(NC(=O)CSc2nnc(CCC(N)=O)n2CC2CCCO2)c1. The minimum atomic E-state index is -0.401. The molecule has 184 valence electrons. The predicted octanol–water partition coefficient (Wildman–Crippen LogP) is 2.09. The van der Waals surface area contributed by atoms with Gasteiger partial charge < -0.3 is 25.3 Å². The van der Waals surface area contributed by atoms with Crippen molar-refractivity contribution in [3.05, 3.63) is 35.7 Å². The average molecular weight is 489 g/mol. The number of primary amides is 1. The normalized spacial score (nSPS) is 15.3. The van der Waals surface area contributed by atoms with Gasteiger partial charge in [0.1, 0.15) is 5.82 Å². The Bertz CT molecular complexity index is 1000. The molecule has 1 aliphatic heterocycles. The zero-order chi connectivity index (χ0) is 24.5. The molecule has 10 nitrogen and oxygen atoms in total. The van der Waals surface area contributed by atoms with Gasteiger partial charge >= 0.3 is 0 Å². The van der Waals surface area contributed by atoms with E-state index in [0.717, 1.165) is 19.4 Å². The molecule has 34 heavy (non-hydrogen) atoms. The van der Waals surface area contributed by atoms with Crippen molar-refractivity contribution >= 4 is 35.2 Å². The fourth-order valence-corrected chi connectivity index (χ4v) is 4.54. The summed E-state index contributed by atoms with van der Waals surface area (Å²) in [7, 11) is 0. The topological polar surface area (TPSA) is 132 Å². The minimum Gasteiger partial charge on any atom is -0.376 e. The van der Waals surface area contributed by atoms with E-state index in [1.54, 1.807) is 29.2 Å². The van der Waals surface area contributed by atoms with Crippen LogP contribution in [0.2, 0.25) is 0 Å². The number of hydrogen-bond donors (Lipinski definition) is 2. The molecule has 0 aliphatic carbocycles. The Morgan fingerprint density at radius 1 is 1.26 bits per heavy atom. The molecule has 1 unspecified atom stereocenters. The molecule has 0 bridgehead atoms. The van der Waals surface area contributed by atoms with Crippen LogP contribution in [0.3, 0.4) is 0 Å². The fourth-order valence-electron chi connectivity index (χ4n) is 3.77. The number of carbonyl (C=O) groups excluding carboxylic acids is 3. The van der Waals surface area contributed by atoms with E-state index in [0.29, 0.717) is 48.3 Å². The number of hydrogen-bond acceptors (Lipinski definition) is 7. The van der Waals surface area contributed by atoms with E-state index in [1.165, 1.54) is 11.8 Å². The first-order valence-corrected chi connectivity index (χ1v) is 12.5. The molecule has 3 amide bonds. The van der Waals surface area contributed by atoms with Gasteiger partial charge in [0.25, 0.3) is 5.91 Å². The van der Waals surface area contributed by atoms with Crippen LogP contribution in [0, 0.1) is 0 Å². The third kappa shape index (κ3) is 7.04. The Kier molecular flexibility index (Phi) is 9.46. The van der Waals surface area contributed by atoms with Crippen molar-refractivity contribution in [3.63, 3.8) is 0 Å². The van der Waals surface area contributed by atoms with Crippen LogP contribution < -0.4 is 11.1 Å². The van der Waals surface area contributed by atoms with Crippen molar-refractivity contribution in [2.45, 2.75) is 57.3 Å². The van der Waals surface area contributed by atoms with Crippen LogP contribution in [-0.2, 0) is 27.3 Å². The van der Waals surface area contributed by atoms with Gasteiger partial charge in [0.15, 0.2) is 5.16 Å². The van der Waals surface area contributed by atoms with Crippen LogP contribution in [0.15, 0.2) is 29.4 Å². The Labute approximate surface area is 203 Å². The summed E-state index contributed by atoms with van der Waals surface area (Å²) >= 11 is 1.27. The number of benzene rings is 1. The Hall–Kier alpha value is -2.92. The number of thioether (sulfide) groups is 1. The molecule has 11 heteroatoms. The van der Waals surface area contributed by atoms with Gasteiger partial charge in [-0.15, -0.1) is 10.2 Å². The van der Waals surface area contributed by atoms with Gasteiger partial charge in [0.05, 0.1) is 18.4 Å². The number of nitrogens with zero attached hydrogens (tertiary/aromatic N) is 4. The summed E-state index contributed by atoms with van der Waals surface area (Å²) in [5.41, 5.74) is 6.38. The van der Waals surface area contributed by atoms with Crippen LogP contribution in [0.4, 0.5) is 5.69 Å². The number of amides is 3. The van der Waals surface area contributed by atoms with Gasteiger partial charge in [0.2, 0.25) is 11.8 Å². The highest BCUT2D eigenvalue weighted by atomic mass is 32.2. The maximum atomic E-state index is 12.6. The highest BCUT2D eigenvalue weighted by molar-refractivity contribution is 7.99. The molecule has 1 aromatic carbocycles. The summed E-state index contributed by atoms with van der Waals surface area (Å²) in [6.07, 6.45) is 2.57. The first kappa shape index (κ1) is 25.7. The molecule has 0 radical (unpaired) electrons. The summed E-state index contributed by atoms with van der Waals surface area (Å²) in [6.45, 7) is 6.40. The third-order valence-corrected chi connectivity index (χ3v) is 6.54. The molecule has 1 saturated heterocycles. The maximum absolute atomic E-state index is 12.6. The molecule has 3 rings (SSSR count). The Morgan fingerprint density at radius 3 is 2.74 bits per heavy atom. The second-order valence-corrected chi connectivity index (χ2v) is 8.95. The number of rotatable bonds is 12. The second-order valence-electron chi connectivity index (χ2n) is 8.01. The Morgan fingerprint density at radius 2 is 2.06 bits per heavy atom. The molecule has 0 spiro atoms. The van der Waals surface area contributed by atoms with Crippen molar-refractivity contribution in [3.8, 4) is 0 Å². The maximum Gasteiger partial charge on any atom is 0.253 e. The molecule has 1 fully saturated rings. The van der Waals surface area contributed by atoms with E-state index in [4.69, 9.17) is 10.5 Å². The van der Waals surface area contributed by atoms with E-state index in [9.17, 15) is 14.4 Å². The van der Waals surface area contributed by atoms with Crippen LogP contribution in [-0.4, -0.2) is 68.9 Å². The second kappa shape index (κ2) is 12.5. The van der Waals surface area contributed by atoms with Gasteiger partial charge in [-0.25, -0.2) is 0 Å². The van der Waals surface area contributed by atoms with E-state index in [2.05, 4.69) is 15.5 Å². The number of anilines is 1. The van der Waals surface area contributed by atoms with Gasteiger partial charge in [-0.1, -0.05) is 17.8 Å². The summed E-state index contributed by atoms with van der Waals surface area (Å²) in [4.78, 5) is 38.2. The largest absolute Gasteiger partial charge is 0.376 e. The summed E-state index contributed by atoms with van der Waals surface area (Å²) in [5.74, 6) is 0.0824.